The summed E-state index contributed by atoms with van der Waals surface area (Å²) < 4.78 is 15.0. The predicted molar refractivity (Wildman–Crippen MR) is 127 cm³/mol. The molecule has 1 heterocycles. The van der Waals surface area contributed by atoms with Crippen LogP contribution in [0, 0.1) is 5.82 Å². The Labute approximate surface area is 200 Å². The number of halogens is 3. The van der Waals surface area contributed by atoms with Crippen LogP contribution in [-0.2, 0) is 17.1 Å². The SMILES string of the molecule is NCCCCCC(=O)NCc1nnc(SCc2ccc(F)cc2)n1-c1cc(Cl)ccc1Cl. The quantitative estimate of drug-likeness (QED) is 0.284. The lowest BCUT2D eigenvalue weighted by Crippen LogP contribution is -2.24. The normalized spacial score (nSPS) is 11.0. The highest BCUT2D eigenvalue weighted by molar-refractivity contribution is 7.98. The van der Waals surface area contributed by atoms with Crippen molar-refractivity contribution in [2.75, 3.05) is 6.54 Å². The van der Waals surface area contributed by atoms with E-state index in [9.17, 15) is 9.18 Å². The van der Waals surface area contributed by atoms with Crippen LogP contribution < -0.4 is 11.1 Å². The third kappa shape index (κ3) is 6.93. The van der Waals surface area contributed by atoms with Crippen LogP contribution in [0.25, 0.3) is 5.69 Å². The maximum absolute atomic E-state index is 13.2. The van der Waals surface area contributed by atoms with Crippen LogP contribution in [0.15, 0.2) is 47.6 Å². The first-order chi connectivity index (χ1) is 15.5. The first-order valence-electron chi connectivity index (χ1n) is 10.2. The van der Waals surface area contributed by atoms with Gasteiger partial charge in [-0.25, -0.2) is 4.39 Å². The number of carbonyl (C=O) groups is 1. The lowest BCUT2D eigenvalue weighted by atomic mass is 10.2. The molecule has 3 N–H and O–H groups in total. The molecule has 3 aromatic rings. The molecule has 0 saturated heterocycles. The smallest absolute Gasteiger partial charge is 0.220 e. The molecule has 0 aliphatic rings. The number of aromatic nitrogens is 3. The summed E-state index contributed by atoms with van der Waals surface area (Å²) >= 11 is 14.1. The highest BCUT2D eigenvalue weighted by atomic mass is 35.5. The minimum Gasteiger partial charge on any atom is -0.349 e. The Bertz CT molecular complexity index is 1050. The van der Waals surface area contributed by atoms with Crippen LogP contribution in [0.5, 0.6) is 0 Å². The summed E-state index contributed by atoms with van der Waals surface area (Å²) in [6.45, 7) is 0.826. The summed E-state index contributed by atoms with van der Waals surface area (Å²) in [7, 11) is 0. The fourth-order valence-corrected chi connectivity index (χ4v) is 4.30. The van der Waals surface area contributed by atoms with E-state index in [1.807, 2.05) is 0 Å². The fourth-order valence-electron chi connectivity index (χ4n) is 3.01. The van der Waals surface area contributed by atoms with Crippen molar-refractivity contribution in [1.29, 1.82) is 0 Å². The van der Waals surface area contributed by atoms with Crippen molar-refractivity contribution in [2.45, 2.75) is 43.1 Å². The number of hydrogen-bond acceptors (Lipinski definition) is 5. The summed E-state index contributed by atoms with van der Waals surface area (Å²) in [5.74, 6) is 0.749. The van der Waals surface area contributed by atoms with E-state index in [1.54, 1.807) is 34.9 Å². The molecule has 1 amide bonds. The number of carbonyl (C=O) groups excluding carboxylic acids is 1. The predicted octanol–water partition coefficient (Wildman–Crippen LogP) is 5.14. The van der Waals surface area contributed by atoms with Crippen molar-refractivity contribution in [1.82, 2.24) is 20.1 Å². The van der Waals surface area contributed by atoms with Gasteiger partial charge in [0.2, 0.25) is 5.91 Å². The van der Waals surface area contributed by atoms with E-state index in [1.165, 1.54) is 23.9 Å². The Morgan fingerprint density at radius 3 is 2.62 bits per heavy atom. The van der Waals surface area contributed by atoms with Gasteiger partial charge in [-0.05, 0) is 55.3 Å². The number of hydrogen-bond donors (Lipinski definition) is 2. The first-order valence-corrected chi connectivity index (χ1v) is 12.0. The zero-order chi connectivity index (χ0) is 22.9. The second-order valence-electron chi connectivity index (χ2n) is 7.12. The van der Waals surface area contributed by atoms with Crippen LogP contribution in [0.4, 0.5) is 4.39 Å². The van der Waals surface area contributed by atoms with Crippen LogP contribution in [0.1, 0.15) is 37.1 Å². The molecule has 0 radical (unpaired) electrons. The van der Waals surface area contributed by atoms with Gasteiger partial charge in [0.15, 0.2) is 11.0 Å². The van der Waals surface area contributed by atoms with E-state index < -0.39 is 0 Å². The molecular formula is C22H24Cl2FN5OS. The average Bonchev–Trinajstić information content (AvgIpc) is 3.19. The number of unbranched alkanes of at least 4 members (excludes halogenated alkanes) is 2. The van der Waals surface area contributed by atoms with E-state index in [0.717, 1.165) is 24.8 Å². The van der Waals surface area contributed by atoms with Crippen LogP contribution in [-0.4, -0.2) is 27.2 Å². The summed E-state index contributed by atoms with van der Waals surface area (Å²) in [5.41, 5.74) is 7.05. The highest BCUT2D eigenvalue weighted by Gasteiger charge is 2.18. The second-order valence-corrected chi connectivity index (χ2v) is 8.91. The minimum atomic E-state index is -0.284. The van der Waals surface area contributed by atoms with Crippen molar-refractivity contribution in [2.24, 2.45) is 5.73 Å². The van der Waals surface area contributed by atoms with E-state index in [-0.39, 0.29) is 18.3 Å². The molecule has 32 heavy (non-hydrogen) atoms. The number of rotatable bonds is 11. The van der Waals surface area contributed by atoms with Gasteiger partial charge in [0.1, 0.15) is 5.82 Å². The second kappa shape index (κ2) is 12.2. The average molecular weight is 496 g/mol. The highest BCUT2D eigenvalue weighted by Crippen LogP contribution is 2.31. The van der Waals surface area contributed by atoms with Crippen molar-refractivity contribution in [3.63, 3.8) is 0 Å². The first kappa shape index (κ1) is 24.5. The van der Waals surface area contributed by atoms with Gasteiger partial charge in [-0.2, -0.15) is 0 Å². The molecule has 0 unspecified atom stereocenters. The largest absolute Gasteiger partial charge is 0.349 e. The van der Waals surface area contributed by atoms with Crippen molar-refractivity contribution < 1.29 is 9.18 Å². The molecule has 10 heteroatoms. The van der Waals surface area contributed by atoms with Gasteiger partial charge in [-0.3, -0.25) is 9.36 Å². The Hall–Kier alpha value is -2.13. The van der Waals surface area contributed by atoms with Crippen LogP contribution in [0.2, 0.25) is 10.0 Å². The molecule has 2 aromatic carbocycles. The fraction of sp³-hybridized carbons (Fsp3) is 0.318. The Balaban J connectivity index is 1.78. The Kier molecular flexibility index (Phi) is 9.35. The molecule has 0 aliphatic heterocycles. The van der Waals surface area contributed by atoms with Gasteiger partial charge in [0.05, 0.1) is 17.3 Å². The number of benzene rings is 2. The van der Waals surface area contributed by atoms with Gasteiger partial charge in [0, 0.05) is 17.2 Å². The van der Waals surface area contributed by atoms with E-state index >= 15 is 0 Å². The zero-order valence-electron chi connectivity index (χ0n) is 17.4. The van der Waals surface area contributed by atoms with Gasteiger partial charge in [0.25, 0.3) is 0 Å². The lowest BCUT2D eigenvalue weighted by molar-refractivity contribution is -0.121. The molecule has 6 nitrogen and oxygen atoms in total. The maximum atomic E-state index is 13.2. The number of nitrogens with zero attached hydrogens (tertiary/aromatic N) is 3. The Morgan fingerprint density at radius 1 is 1.09 bits per heavy atom. The molecule has 3 rings (SSSR count). The zero-order valence-corrected chi connectivity index (χ0v) is 19.7. The van der Waals surface area contributed by atoms with Crippen molar-refractivity contribution >= 4 is 40.9 Å². The minimum absolute atomic E-state index is 0.0609. The Morgan fingerprint density at radius 2 is 1.88 bits per heavy atom. The molecule has 0 saturated carbocycles. The summed E-state index contributed by atoms with van der Waals surface area (Å²) in [6, 6.07) is 11.4. The molecular weight excluding hydrogens is 472 g/mol. The van der Waals surface area contributed by atoms with E-state index in [0.29, 0.717) is 45.4 Å². The number of nitrogens with two attached hydrogens (primary N) is 1. The van der Waals surface area contributed by atoms with Gasteiger partial charge in [-0.15, -0.1) is 10.2 Å². The topological polar surface area (TPSA) is 85.8 Å². The van der Waals surface area contributed by atoms with Crippen molar-refractivity contribution in [3.8, 4) is 5.69 Å². The van der Waals surface area contributed by atoms with Crippen LogP contribution >= 0.6 is 35.0 Å². The molecule has 0 fully saturated rings. The molecule has 0 aliphatic carbocycles. The maximum Gasteiger partial charge on any atom is 0.220 e. The molecule has 0 spiro atoms. The van der Waals surface area contributed by atoms with Crippen molar-refractivity contribution in [3.05, 3.63) is 69.7 Å². The molecule has 0 atom stereocenters. The van der Waals surface area contributed by atoms with Crippen LogP contribution in [0.3, 0.4) is 0 Å². The van der Waals surface area contributed by atoms with Gasteiger partial charge in [-0.1, -0.05) is 53.5 Å². The molecule has 170 valence electrons. The van der Waals surface area contributed by atoms with E-state index in [4.69, 9.17) is 28.9 Å². The monoisotopic (exact) mass is 495 g/mol. The summed E-state index contributed by atoms with van der Waals surface area (Å²) in [6.07, 6.45) is 3.04. The number of nitrogens with one attached hydrogen (secondary N) is 1. The molecule has 0 bridgehead atoms. The van der Waals surface area contributed by atoms with Gasteiger partial charge < -0.3 is 11.1 Å². The molecule has 1 aromatic heterocycles. The standard InChI is InChI=1S/C22H24Cl2FN5OS/c23-16-7-10-18(24)19(12-16)30-20(13-27-21(31)4-2-1-3-11-26)28-29-22(30)32-14-15-5-8-17(25)9-6-15/h5-10,12H,1-4,11,13-14,26H2,(H,27,31). The summed E-state index contributed by atoms with van der Waals surface area (Å²) in [5, 5.41) is 13.0. The number of thioether (sulfide) groups is 1. The third-order valence-electron chi connectivity index (χ3n) is 4.68. The third-order valence-corrected chi connectivity index (χ3v) is 6.24. The van der Waals surface area contributed by atoms with E-state index in [2.05, 4.69) is 15.5 Å². The summed E-state index contributed by atoms with van der Waals surface area (Å²) in [4.78, 5) is 12.2. The lowest BCUT2D eigenvalue weighted by Gasteiger charge is -2.13. The van der Waals surface area contributed by atoms with Gasteiger partial charge >= 0.3 is 0 Å². The number of amides is 1.